The van der Waals surface area contributed by atoms with Crippen LogP contribution >= 0.6 is 0 Å². The van der Waals surface area contributed by atoms with Crippen molar-refractivity contribution in [3.8, 4) is 0 Å². The van der Waals surface area contributed by atoms with Gasteiger partial charge in [-0.25, -0.2) is 0 Å². The maximum Gasteiger partial charge on any atom is 0.247 e. The molecule has 0 unspecified atom stereocenters. The van der Waals surface area contributed by atoms with Crippen molar-refractivity contribution in [3.05, 3.63) is 47.7 Å². The van der Waals surface area contributed by atoms with Crippen molar-refractivity contribution >= 4 is 5.91 Å². The molecule has 3 nitrogen and oxygen atoms in total. The third-order valence-corrected chi connectivity index (χ3v) is 2.23. The highest BCUT2D eigenvalue weighted by molar-refractivity contribution is 5.89. The van der Waals surface area contributed by atoms with Gasteiger partial charge in [-0.2, -0.15) is 0 Å². The highest BCUT2D eigenvalue weighted by atomic mass is 16.3. The molecule has 1 aliphatic rings. The standard InChI is InChI=1S/C11H11NO2/c13-9-6-10(12-11(14)7-9)8-4-2-1-3-5-8/h1-5,7,10,13H,6H2,(H,12,14)/t10-/m1/s1. The van der Waals surface area contributed by atoms with Gasteiger partial charge in [0.05, 0.1) is 6.04 Å². The molecule has 14 heavy (non-hydrogen) atoms. The normalized spacial score (nSPS) is 21.3. The summed E-state index contributed by atoms with van der Waals surface area (Å²) in [6.45, 7) is 0. The quantitative estimate of drug-likeness (QED) is 0.706. The van der Waals surface area contributed by atoms with E-state index in [9.17, 15) is 9.90 Å². The molecular formula is C11H11NO2. The van der Waals surface area contributed by atoms with Gasteiger partial charge >= 0.3 is 0 Å². The lowest BCUT2D eigenvalue weighted by atomic mass is 10.0. The van der Waals surface area contributed by atoms with Crippen LogP contribution in [0.5, 0.6) is 0 Å². The predicted octanol–water partition coefficient (Wildman–Crippen LogP) is 1.69. The molecule has 0 fully saturated rings. The van der Waals surface area contributed by atoms with Gasteiger partial charge in [0.25, 0.3) is 0 Å². The monoisotopic (exact) mass is 189 g/mol. The number of carbonyl (C=O) groups is 1. The average Bonchev–Trinajstić information content (AvgIpc) is 2.18. The van der Waals surface area contributed by atoms with E-state index in [4.69, 9.17) is 0 Å². The van der Waals surface area contributed by atoms with Crippen LogP contribution in [-0.4, -0.2) is 11.0 Å². The number of nitrogens with one attached hydrogen (secondary N) is 1. The zero-order valence-electron chi connectivity index (χ0n) is 7.60. The van der Waals surface area contributed by atoms with Crippen LogP contribution in [0.15, 0.2) is 42.2 Å². The Kier molecular flexibility index (Phi) is 2.23. The Morgan fingerprint density at radius 2 is 2.00 bits per heavy atom. The van der Waals surface area contributed by atoms with Gasteiger partial charge < -0.3 is 10.4 Å². The number of aliphatic hydroxyl groups excluding tert-OH is 1. The number of aliphatic hydroxyl groups is 1. The Bertz CT molecular complexity index is 370. The smallest absolute Gasteiger partial charge is 0.247 e. The summed E-state index contributed by atoms with van der Waals surface area (Å²) in [6, 6.07) is 9.51. The zero-order valence-corrected chi connectivity index (χ0v) is 7.60. The molecule has 1 aliphatic heterocycles. The second-order valence-corrected chi connectivity index (χ2v) is 3.31. The Labute approximate surface area is 82.1 Å². The number of hydrogen-bond donors (Lipinski definition) is 2. The molecule has 2 N–H and O–H groups in total. The second kappa shape index (κ2) is 3.54. The van der Waals surface area contributed by atoms with Gasteiger partial charge in [-0.3, -0.25) is 4.79 Å². The van der Waals surface area contributed by atoms with Crippen LogP contribution < -0.4 is 5.32 Å². The average molecular weight is 189 g/mol. The molecule has 0 aromatic heterocycles. The summed E-state index contributed by atoms with van der Waals surface area (Å²) >= 11 is 0. The largest absolute Gasteiger partial charge is 0.512 e. The molecule has 0 spiro atoms. The van der Waals surface area contributed by atoms with Gasteiger partial charge in [-0.15, -0.1) is 0 Å². The van der Waals surface area contributed by atoms with Crippen LogP contribution in [0.3, 0.4) is 0 Å². The lowest BCUT2D eigenvalue weighted by molar-refractivity contribution is -0.117. The molecule has 0 bridgehead atoms. The molecule has 0 saturated heterocycles. The predicted molar refractivity (Wildman–Crippen MR) is 52.7 cm³/mol. The number of benzene rings is 1. The molecule has 1 aromatic rings. The van der Waals surface area contributed by atoms with Crippen LogP contribution in [0.2, 0.25) is 0 Å². The van der Waals surface area contributed by atoms with Gasteiger partial charge in [-0.1, -0.05) is 30.3 Å². The van der Waals surface area contributed by atoms with E-state index in [0.717, 1.165) is 5.56 Å². The van der Waals surface area contributed by atoms with E-state index in [1.165, 1.54) is 6.08 Å². The molecule has 1 aromatic carbocycles. The van der Waals surface area contributed by atoms with Crippen molar-refractivity contribution in [2.24, 2.45) is 0 Å². The molecule has 1 amide bonds. The maximum atomic E-state index is 11.1. The van der Waals surface area contributed by atoms with Crippen molar-refractivity contribution in [1.82, 2.24) is 5.32 Å². The summed E-state index contributed by atoms with van der Waals surface area (Å²) in [5, 5.41) is 12.1. The number of rotatable bonds is 1. The zero-order chi connectivity index (χ0) is 9.97. The van der Waals surface area contributed by atoms with Crippen molar-refractivity contribution in [3.63, 3.8) is 0 Å². The highest BCUT2D eigenvalue weighted by Gasteiger charge is 2.19. The Morgan fingerprint density at radius 1 is 1.29 bits per heavy atom. The first-order valence-corrected chi connectivity index (χ1v) is 4.50. The molecule has 0 radical (unpaired) electrons. The fraction of sp³-hybridized carbons (Fsp3) is 0.182. The summed E-state index contributed by atoms with van der Waals surface area (Å²) < 4.78 is 0. The van der Waals surface area contributed by atoms with Crippen LogP contribution in [0.4, 0.5) is 0 Å². The second-order valence-electron chi connectivity index (χ2n) is 3.31. The lowest BCUT2D eigenvalue weighted by Crippen LogP contribution is -2.31. The van der Waals surface area contributed by atoms with Crippen LogP contribution in [-0.2, 0) is 4.79 Å². The number of hydrogen-bond acceptors (Lipinski definition) is 2. The van der Waals surface area contributed by atoms with E-state index in [1.807, 2.05) is 30.3 Å². The summed E-state index contributed by atoms with van der Waals surface area (Å²) in [5.41, 5.74) is 1.01. The Morgan fingerprint density at radius 3 is 2.64 bits per heavy atom. The minimum atomic E-state index is -0.234. The maximum absolute atomic E-state index is 11.1. The van der Waals surface area contributed by atoms with E-state index < -0.39 is 0 Å². The first-order valence-electron chi connectivity index (χ1n) is 4.50. The van der Waals surface area contributed by atoms with Crippen LogP contribution in [0, 0.1) is 0 Å². The minimum absolute atomic E-state index is 0.103. The number of amides is 1. The molecule has 2 rings (SSSR count). The summed E-state index contributed by atoms with van der Waals surface area (Å²) in [4.78, 5) is 11.1. The van der Waals surface area contributed by atoms with Crippen molar-refractivity contribution < 1.29 is 9.90 Å². The third-order valence-electron chi connectivity index (χ3n) is 2.23. The fourth-order valence-corrected chi connectivity index (χ4v) is 1.57. The fourth-order valence-electron chi connectivity index (χ4n) is 1.57. The van der Waals surface area contributed by atoms with Crippen molar-refractivity contribution in [2.75, 3.05) is 0 Å². The van der Waals surface area contributed by atoms with Gasteiger partial charge in [0.2, 0.25) is 5.91 Å². The molecule has 0 aliphatic carbocycles. The van der Waals surface area contributed by atoms with E-state index in [-0.39, 0.29) is 17.7 Å². The summed E-state index contributed by atoms with van der Waals surface area (Å²) in [6.07, 6.45) is 1.69. The van der Waals surface area contributed by atoms with Crippen molar-refractivity contribution in [1.29, 1.82) is 0 Å². The third kappa shape index (κ3) is 1.76. The van der Waals surface area contributed by atoms with Crippen LogP contribution in [0.25, 0.3) is 0 Å². The lowest BCUT2D eigenvalue weighted by Gasteiger charge is -2.21. The first kappa shape index (κ1) is 8.81. The van der Waals surface area contributed by atoms with Gasteiger partial charge in [0.1, 0.15) is 5.76 Å². The molecular weight excluding hydrogens is 178 g/mol. The minimum Gasteiger partial charge on any atom is -0.512 e. The van der Waals surface area contributed by atoms with E-state index in [0.29, 0.717) is 6.42 Å². The highest BCUT2D eigenvalue weighted by Crippen LogP contribution is 2.22. The van der Waals surface area contributed by atoms with E-state index in [1.54, 1.807) is 0 Å². The molecule has 0 saturated carbocycles. The molecule has 1 heterocycles. The SMILES string of the molecule is O=C1C=C(O)C[C@H](c2ccccc2)N1. The van der Waals surface area contributed by atoms with Crippen LogP contribution in [0.1, 0.15) is 18.0 Å². The molecule has 3 heteroatoms. The Balaban J connectivity index is 2.22. The Hall–Kier alpha value is -1.77. The van der Waals surface area contributed by atoms with Gasteiger partial charge in [0.15, 0.2) is 0 Å². The molecule has 72 valence electrons. The van der Waals surface area contributed by atoms with Gasteiger partial charge in [0, 0.05) is 12.5 Å². The number of carbonyl (C=O) groups excluding carboxylic acids is 1. The topological polar surface area (TPSA) is 49.3 Å². The summed E-state index contributed by atoms with van der Waals surface area (Å²) in [7, 11) is 0. The molecule has 1 atom stereocenters. The van der Waals surface area contributed by atoms with E-state index >= 15 is 0 Å². The van der Waals surface area contributed by atoms with Crippen molar-refractivity contribution in [2.45, 2.75) is 12.5 Å². The van der Waals surface area contributed by atoms with Gasteiger partial charge in [-0.05, 0) is 5.56 Å². The first-order chi connectivity index (χ1) is 6.75. The summed E-state index contributed by atoms with van der Waals surface area (Å²) in [5.74, 6) is -0.0924. The van der Waals surface area contributed by atoms with E-state index in [2.05, 4.69) is 5.32 Å².